The Morgan fingerprint density at radius 1 is 0.778 bits per heavy atom. The number of amides is 1. The fourth-order valence-corrected chi connectivity index (χ4v) is 4.57. The number of ether oxygens (including phenoxy) is 2. The summed E-state index contributed by atoms with van der Waals surface area (Å²) in [5.74, 6) is -2.34. The number of carboxylic acids is 2. The molecular formula is C26H33N3O7. The summed E-state index contributed by atoms with van der Waals surface area (Å²) in [5.41, 5.74) is 1.97. The topological polar surface area (TPSA) is 120 Å². The van der Waals surface area contributed by atoms with Crippen LogP contribution in [0.4, 0.5) is 5.69 Å². The number of rotatable bonds is 5. The number of hydrogen-bond donors (Lipinski definition) is 2. The van der Waals surface area contributed by atoms with Crippen LogP contribution in [0.5, 0.6) is 11.5 Å². The lowest BCUT2D eigenvalue weighted by atomic mass is 10.0. The maximum Gasteiger partial charge on any atom is 0.414 e. The van der Waals surface area contributed by atoms with Gasteiger partial charge in [0.05, 0.1) is 14.2 Å². The molecule has 0 radical (unpaired) electrons. The summed E-state index contributed by atoms with van der Waals surface area (Å²) in [5, 5.41) is 14.8. The molecule has 2 aliphatic rings. The van der Waals surface area contributed by atoms with Gasteiger partial charge in [0.25, 0.3) is 5.91 Å². The summed E-state index contributed by atoms with van der Waals surface area (Å²) in [6.07, 6.45) is 2.06. The van der Waals surface area contributed by atoms with Crippen LogP contribution in [-0.4, -0.2) is 97.4 Å². The zero-order valence-electron chi connectivity index (χ0n) is 20.6. The third-order valence-corrected chi connectivity index (χ3v) is 6.52. The van der Waals surface area contributed by atoms with E-state index in [-0.39, 0.29) is 5.91 Å². The standard InChI is InChI=1S/C24H31N3O3.C2H2O4/c1-29-22-9-8-19(18-23(22)30-2)24(28)27-12-10-21(11-13-27)26-16-14-25(15-17-26)20-6-4-3-5-7-20;3-1(4)2(5)6/h3-9,18,21H,10-17H2,1-2H3;(H,3,4)(H,5,6). The Morgan fingerprint density at radius 3 is 1.89 bits per heavy atom. The Labute approximate surface area is 210 Å². The van der Waals surface area contributed by atoms with Crippen molar-refractivity contribution in [3.63, 3.8) is 0 Å². The highest BCUT2D eigenvalue weighted by Crippen LogP contribution is 2.29. The number of anilines is 1. The highest BCUT2D eigenvalue weighted by molar-refractivity contribution is 6.27. The number of carboxylic acid groups (broad SMARTS) is 2. The van der Waals surface area contributed by atoms with E-state index in [1.807, 2.05) is 11.0 Å². The van der Waals surface area contributed by atoms with E-state index in [1.54, 1.807) is 26.4 Å². The minimum atomic E-state index is -1.82. The maximum atomic E-state index is 13.0. The highest BCUT2D eigenvalue weighted by atomic mass is 16.5. The van der Waals surface area contributed by atoms with Crippen LogP contribution in [0.25, 0.3) is 0 Å². The Kier molecular flexibility index (Phi) is 9.52. The Bertz CT molecular complexity index is 1020. The number of methoxy groups -OCH3 is 2. The van der Waals surface area contributed by atoms with Crippen LogP contribution in [0.1, 0.15) is 23.2 Å². The number of hydrogen-bond acceptors (Lipinski definition) is 7. The average Bonchev–Trinajstić information content (AvgIpc) is 2.93. The molecule has 2 fully saturated rings. The van der Waals surface area contributed by atoms with Gasteiger partial charge in [0, 0.05) is 56.6 Å². The first-order chi connectivity index (χ1) is 17.3. The van der Waals surface area contributed by atoms with Crippen LogP contribution < -0.4 is 14.4 Å². The molecule has 4 rings (SSSR count). The smallest absolute Gasteiger partial charge is 0.414 e. The van der Waals surface area contributed by atoms with Crippen LogP contribution in [0.2, 0.25) is 0 Å². The van der Waals surface area contributed by atoms with Crippen molar-refractivity contribution >= 4 is 23.5 Å². The molecule has 2 saturated heterocycles. The first kappa shape index (κ1) is 26.8. The van der Waals surface area contributed by atoms with Gasteiger partial charge in [0.15, 0.2) is 11.5 Å². The molecule has 0 saturated carbocycles. The quantitative estimate of drug-likeness (QED) is 0.597. The van der Waals surface area contributed by atoms with E-state index in [4.69, 9.17) is 29.3 Å². The zero-order valence-corrected chi connectivity index (χ0v) is 20.6. The van der Waals surface area contributed by atoms with E-state index in [0.29, 0.717) is 23.1 Å². The van der Waals surface area contributed by atoms with Gasteiger partial charge in [-0.15, -0.1) is 0 Å². The van der Waals surface area contributed by atoms with Crippen molar-refractivity contribution < 1.29 is 34.1 Å². The van der Waals surface area contributed by atoms with E-state index in [0.717, 1.165) is 52.1 Å². The van der Waals surface area contributed by atoms with Crippen LogP contribution in [0.15, 0.2) is 48.5 Å². The van der Waals surface area contributed by atoms with Crippen LogP contribution in [0.3, 0.4) is 0 Å². The van der Waals surface area contributed by atoms with Gasteiger partial charge in [-0.3, -0.25) is 9.69 Å². The van der Waals surface area contributed by atoms with Crippen molar-refractivity contribution in [2.24, 2.45) is 0 Å². The molecule has 36 heavy (non-hydrogen) atoms. The summed E-state index contributed by atoms with van der Waals surface area (Å²) in [7, 11) is 3.19. The minimum Gasteiger partial charge on any atom is -0.493 e. The molecule has 2 N–H and O–H groups in total. The molecule has 2 heterocycles. The normalized spacial score (nSPS) is 16.5. The predicted molar refractivity (Wildman–Crippen MR) is 134 cm³/mol. The third kappa shape index (κ3) is 6.88. The fourth-order valence-electron chi connectivity index (χ4n) is 4.57. The molecular weight excluding hydrogens is 466 g/mol. The van der Waals surface area contributed by atoms with E-state index >= 15 is 0 Å². The predicted octanol–water partition coefficient (Wildman–Crippen LogP) is 2.29. The molecule has 0 aliphatic carbocycles. The minimum absolute atomic E-state index is 0.0725. The number of carbonyl (C=O) groups is 3. The lowest BCUT2D eigenvalue weighted by Crippen LogP contribution is -2.53. The highest BCUT2D eigenvalue weighted by Gasteiger charge is 2.29. The number of benzene rings is 2. The molecule has 0 atom stereocenters. The van der Waals surface area contributed by atoms with Gasteiger partial charge in [0.2, 0.25) is 0 Å². The van der Waals surface area contributed by atoms with Crippen molar-refractivity contribution in [2.75, 3.05) is 58.4 Å². The first-order valence-corrected chi connectivity index (χ1v) is 11.9. The lowest BCUT2D eigenvalue weighted by molar-refractivity contribution is -0.159. The van der Waals surface area contributed by atoms with Crippen LogP contribution >= 0.6 is 0 Å². The maximum absolute atomic E-state index is 13.0. The van der Waals surface area contributed by atoms with Crippen molar-refractivity contribution in [2.45, 2.75) is 18.9 Å². The van der Waals surface area contributed by atoms with Crippen molar-refractivity contribution in [3.8, 4) is 11.5 Å². The van der Waals surface area contributed by atoms with Crippen molar-refractivity contribution in [1.82, 2.24) is 9.80 Å². The lowest BCUT2D eigenvalue weighted by Gasteiger charge is -2.43. The van der Waals surface area contributed by atoms with Gasteiger partial charge in [-0.25, -0.2) is 9.59 Å². The summed E-state index contributed by atoms with van der Waals surface area (Å²) in [6.45, 7) is 5.91. The third-order valence-electron chi connectivity index (χ3n) is 6.52. The number of piperidine rings is 1. The summed E-state index contributed by atoms with van der Waals surface area (Å²) >= 11 is 0. The summed E-state index contributed by atoms with van der Waals surface area (Å²) in [4.78, 5) is 38.2. The number of para-hydroxylation sites is 1. The van der Waals surface area contributed by atoms with Gasteiger partial charge in [-0.05, 0) is 43.2 Å². The zero-order chi connectivity index (χ0) is 26.1. The molecule has 194 valence electrons. The van der Waals surface area contributed by atoms with E-state index < -0.39 is 11.9 Å². The van der Waals surface area contributed by atoms with E-state index in [1.165, 1.54) is 5.69 Å². The summed E-state index contributed by atoms with van der Waals surface area (Å²) in [6, 6.07) is 16.6. The molecule has 2 aromatic carbocycles. The Hall–Kier alpha value is -3.79. The molecule has 0 bridgehead atoms. The Balaban J connectivity index is 0.000000538. The largest absolute Gasteiger partial charge is 0.493 e. The summed E-state index contributed by atoms with van der Waals surface area (Å²) < 4.78 is 10.6. The molecule has 0 unspecified atom stereocenters. The number of piperazine rings is 1. The number of aliphatic carboxylic acids is 2. The van der Waals surface area contributed by atoms with E-state index in [9.17, 15) is 4.79 Å². The number of likely N-dealkylation sites (tertiary alicyclic amines) is 1. The van der Waals surface area contributed by atoms with Gasteiger partial charge in [0.1, 0.15) is 0 Å². The number of carbonyl (C=O) groups excluding carboxylic acids is 1. The molecule has 1 amide bonds. The van der Waals surface area contributed by atoms with Gasteiger partial charge < -0.3 is 29.5 Å². The fraction of sp³-hybridized carbons (Fsp3) is 0.423. The van der Waals surface area contributed by atoms with Crippen LogP contribution in [-0.2, 0) is 9.59 Å². The molecule has 0 spiro atoms. The molecule has 10 heteroatoms. The molecule has 10 nitrogen and oxygen atoms in total. The first-order valence-electron chi connectivity index (χ1n) is 11.9. The second-order valence-electron chi connectivity index (χ2n) is 8.56. The molecule has 2 aromatic rings. The van der Waals surface area contributed by atoms with Crippen molar-refractivity contribution in [3.05, 3.63) is 54.1 Å². The van der Waals surface area contributed by atoms with Gasteiger partial charge in [-0.1, -0.05) is 18.2 Å². The van der Waals surface area contributed by atoms with Gasteiger partial charge >= 0.3 is 11.9 Å². The second kappa shape index (κ2) is 12.8. The SMILES string of the molecule is COc1ccc(C(=O)N2CCC(N3CCN(c4ccccc4)CC3)CC2)cc1OC.O=C(O)C(=O)O. The van der Waals surface area contributed by atoms with Crippen molar-refractivity contribution in [1.29, 1.82) is 0 Å². The van der Waals surface area contributed by atoms with Gasteiger partial charge in [-0.2, -0.15) is 0 Å². The average molecular weight is 500 g/mol. The van der Waals surface area contributed by atoms with E-state index in [2.05, 4.69) is 40.1 Å². The molecule has 0 aromatic heterocycles. The van der Waals surface area contributed by atoms with Crippen LogP contribution in [0, 0.1) is 0 Å². The number of nitrogens with zero attached hydrogens (tertiary/aromatic N) is 3. The second-order valence-corrected chi connectivity index (χ2v) is 8.56. The monoisotopic (exact) mass is 499 g/mol. The Morgan fingerprint density at radius 2 is 1.36 bits per heavy atom. The molecule has 2 aliphatic heterocycles.